The lowest BCUT2D eigenvalue weighted by Gasteiger charge is -2.33. The standard InChI is InChI=1S/C12H19N3O2/c1-3-16-11-4-8(2)14-12(15-11)17-10-5-9(6-10)7-13/h4,9-10H,3,5-7,13H2,1-2H3. The molecule has 1 heterocycles. The number of aryl methyl sites for hydroxylation is 1. The largest absolute Gasteiger partial charge is 0.478 e. The van der Waals surface area contributed by atoms with Crippen molar-refractivity contribution in [2.45, 2.75) is 32.8 Å². The summed E-state index contributed by atoms with van der Waals surface area (Å²) in [5.74, 6) is 1.17. The maximum absolute atomic E-state index is 5.69. The smallest absolute Gasteiger partial charge is 0.320 e. The molecule has 0 aliphatic heterocycles. The summed E-state index contributed by atoms with van der Waals surface area (Å²) >= 11 is 0. The highest BCUT2D eigenvalue weighted by Crippen LogP contribution is 2.29. The SMILES string of the molecule is CCOc1cc(C)nc(OC2CC(CN)C2)n1. The molecule has 2 rings (SSSR count). The molecule has 0 saturated heterocycles. The Morgan fingerprint density at radius 3 is 2.82 bits per heavy atom. The van der Waals surface area contributed by atoms with Gasteiger partial charge in [0.15, 0.2) is 0 Å². The Balaban J connectivity index is 1.96. The van der Waals surface area contributed by atoms with Crippen molar-refractivity contribution in [3.05, 3.63) is 11.8 Å². The summed E-state index contributed by atoms with van der Waals surface area (Å²) in [6.45, 7) is 5.16. The fraction of sp³-hybridized carbons (Fsp3) is 0.667. The molecule has 0 unspecified atom stereocenters. The summed E-state index contributed by atoms with van der Waals surface area (Å²) in [4.78, 5) is 8.45. The van der Waals surface area contributed by atoms with E-state index in [9.17, 15) is 0 Å². The average molecular weight is 237 g/mol. The Morgan fingerprint density at radius 2 is 2.18 bits per heavy atom. The summed E-state index contributed by atoms with van der Waals surface area (Å²) in [6, 6.07) is 2.22. The third kappa shape index (κ3) is 3.06. The van der Waals surface area contributed by atoms with Gasteiger partial charge in [-0.1, -0.05) is 0 Å². The molecule has 0 spiro atoms. The molecule has 2 N–H and O–H groups in total. The lowest BCUT2D eigenvalue weighted by molar-refractivity contribution is 0.0594. The van der Waals surface area contributed by atoms with E-state index in [2.05, 4.69) is 9.97 Å². The van der Waals surface area contributed by atoms with Crippen LogP contribution in [-0.4, -0.2) is 29.2 Å². The molecule has 1 aliphatic carbocycles. The van der Waals surface area contributed by atoms with Crippen LogP contribution in [0.5, 0.6) is 11.9 Å². The second-order valence-corrected chi connectivity index (χ2v) is 4.38. The first kappa shape index (κ1) is 12.1. The Kier molecular flexibility index (Phi) is 3.78. The molecule has 0 radical (unpaired) electrons. The molecule has 1 aliphatic rings. The van der Waals surface area contributed by atoms with Crippen molar-refractivity contribution < 1.29 is 9.47 Å². The van der Waals surface area contributed by atoms with Crippen LogP contribution in [0, 0.1) is 12.8 Å². The molecule has 0 amide bonds. The summed E-state index contributed by atoms with van der Waals surface area (Å²) in [6.07, 6.45) is 2.20. The predicted octanol–water partition coefficient (Wildman–Crippen LogP) is 1.30. The van der Waals surface area contributed by atoms with Gasteiger partial charge in [-0.25, -0.2) is 4.98 Å². The molecule has 5 nitrogen and oxygen atoms in total. The van der Waals surface area contributed by atoms with Crippen LogP contribution in [0.25, 0.3) is 0 Å². The first-order valence-electron chi connectivity index (χ1n) is 6.06. The van der Waals surface area contributed by atoms with Crippen LogP contribution >= 0.6 is 0 Å². The zero-order valence-electron chi connectivity index (χ0n) is 10.3. The van der Waals surface area contributed by atoms with Crippen LogP contribution in [0.15, 0.2) is 6.07 Å². The molecule has 1 fully saturated rings. The summed E-state index contributed by atoms with van der Waals surface area (Å²) in [5, 5.41) is 0. The van der Waals surface area contributed by atoms with Crippen LogP contribution < -0.4 is 15.2 Å². The first-order chi connectivity index (χ1) is 8.21. The van der Waals surface area contributed by atoms with Crippen LogP contribution in [-0.2, 0) is 0 Å². The number of hydrogen-bond donors (Lipinski definition) is 1. The third-order valence-corrected chi connectivity index (χ3v) is 2.90. The van der Waals surface area contributed by atoms with E-state index in [1.807, 2.05) is 13.8 Å². The Labute approximate surface area is 101 Å². The minimum Gasteiger partial charge on any atom is -0.478 e. The van der Waals surface area contributed by atoms with Crippen molar-refractivity contribution in [3.63, 3.8) is 0 Å². The summed E-state index contributed by atoms with van der Waals surface area (Å²) < 4.78 is 11.0. The molecule has 0 atom stereocenters. The van der Waals surface area contributed by atoms with Crippen molar-refractivity contribution in [3.8, 4) is 11.9 Å². The van der Waals surface area contributed by atoms with Crippen molar-refractivity contribution in [2.24, 2.45) is 11.7 Å². The molecule has 17 heavy (non-hydrogen) atoms. The van der Waals surface area contributed by atoms with Crippen LogP contribution in [0.4, 0.5) is 0 Å². The normalized spacial score (nSPS) is 23.0. The predicted molar refractivity (Wildman–Crippen MR) is 64.1 cm³/mol. The molecule has 0 bridgehead atoms. The van der Waals surface area contributed by atoms with E-state index in [1.54, 1.807) is 6.07 Å². The van der Waals surface area contributed by atoms with Gasteiger partial charge < -0.3 is 15.2 Å². The van der Waals surface area contributed by atoms with Crippen molar-refractivity contribution >= 4 is 0 Å². The number of nitrogens with zero attached hydrogens (tertiary/aromatic N) is 2. The van der Waals surface area contributed by atoms with Crippen LogP contribution in [0.1, 0.15) is 25.5 Å². The van der Waals surface area contributed by atoms with E-state index >= 15 is 0 Å². The molecule has 5 heteroatoms. The van der Waals surface area contributed by atoms with Gasteiger partial charge in [-0.3, -0.25) is 0 Å². The topological polar surface area (TPSA) is 70.3 Å². The Morgan fingerprint density at radius 1 is 1.41 bits per heavy atom. The number of hydrogen-bond acceptors (Lipinski definition) is 5. The quantitative estimate of drug-likeness (QED) is 0.835. The summed E-state index contributed by atoms with van der Waals surface area (Å²) in [7, 11) is 0. The van der Waals surface area contributed by atoms with Crippen molar-refractivity contribution in [1.82, 2.24) is 9.97 Å². The number of rotatable bonds is 5. The van der Waals surface area contributed by atoms with E-state index in [0.717, 1.165) is 25.1 Å². The molecular formula is C12H19N3O2. The Hall–Kier alpha value is -1.36. The van der Waals surface area contributed by atoms with Gasteiger partial charge in [-0.2, -0.15) is 4.98 Å². The van der Waals surface area contributed by atoms with Crippen LogP contribution in [0.2, 0.25) is 0 Å². The lowest BCUT2D eigenvalue weighted by atomic mass is 9.82. The van der Waals surface area contributed by atoms with Crippen molar-refractivity contribution in [1.29, 1.82) is 0 Å². The third-order valence-electron chi connectivity index (χ3n) is 2.90. The molecule has 1 aromatic heterocycles. The molecule has 94 valence electrons. The maximum Gasteiger partial charge on any atom is 0.320 e. The van der Waals surface area contributed by atoms with Gasteiger partial charge in [-0.15, -0.1) is 0 Å². The minimum atomic E-state index is 0.208. The average Bonchev–Trinajstić information content (AvgIpc) is 2.22. The minimum absolute atomic E-state index is 0.208. The molecule has 1 saturated carbocycles. The highest BCUT2D eigenvalue weighted by Gasteiger charge is 2.30. The number of nitrogens with two attached hydrogens (primary N) is 1. The molecule has 1 aromatic rings. The van der Waals surface area contributed by atoms with Crippen molar-refractivity contribution in [2.75, 3.05) is 13.2 Å². The monoisotopic (exact) mass is 237 g/mol. The van der Waals surface area contributed by atoms with Gasteiger partial charge in [0, 0.05) is 11.8 Å². The summed E-state index contributed by atoms with van der Waals surface area (Å²) in [5.41, 5.74) is 6.43. The van der Waals surface area contributed by atoms with Gasteiger partial charge in [0.2, 0.25) is 5.88 Å². The van der Waals surface area contributed by atoms with E-state index in [0.29, 0.717) is 24.4 Å². The lowest BCUT2D eigenvalue weighted by Crippen LogP contribution is -2.38. The highest BCUT2D eigenvalue weighted by atomic mass is 16.5. The highest BCUT2D eigenvalue weighted by molar-refractivity contribution is 5.17. The maximum atomic E-state index is 5.69. The number of ether oxygens (including phenoxy) is 2. The Bertz CT molecular complexity index is 378. The van der Waals surface area contributed by atoms with E-state index < -0.39 is 0 Å². The fourth-order valence-corrected chi connectivity index (χ4v) is 1.90. The second kappa shape index (κ2) is 5.31. The zero-order valence-corrected chi connectivity index (χ0v) is 10.3. The van der Waals surface area contributed by atoms with Gasteiger partial charge >= 0.3 is 6.01 Å². The zero-order chi connectivity index (χ0) is 12.3. The number of aromatic nitrogens is 2. The first-order valence-corrected chi connectivity index (χ1v) is 6.06. The van der Waals surface area contributed by atoms with E-state index in [1.165, 1.54) is 0 Å². The fourth-order valence-electron chi connectivity index (χ4n) is 1.90. The molecular weight excluding hydrogens is 218 g/mol. The molecule has 0 aromatic carbocycles. The van der Waals surface area contributed by atoms with Gasteiger partial charge in [0.05, 0.1) is 6.61 Å². The van der Waals surface area contributed by atoms with Gasteiger partial charge in [0.1, 0.15) is 6.10 Å². The van der Waals surface area contributed by atoms with Gasteiger partial charge in [-0.05, 0) is 39.2 Å². The van der Waals surface area contributed by atoms with E-state index in [-0.39, 0.29) is 6.10 Å². The van der Waals surface area contributed by atoms with Gasteiger partial charge in [0.25, 0.3) is 0 Å². The van der Waals surface area contributed by atoms with E-state index in [4.69, 9.17) is 15.2 Å². The second-order valence-electron chi connectivity index (χ2n) is 4.38. The van der Waals surface area contributed by atoms with Crippen LogP contribution in [0.3, 0.4) is 0 Å².